The van der Waals surface area contributed by atoms with Gasteiger partial charge in [-0.15, -0.1) is 0 Å². The molecule has 96 valence electrons. The lowest BCUT2D eigenvalue weighted by molar-refractivity contribution is -0.117. The van der Waals surface area contributed by atoms with E-state index in [1.54, 1.807) is 4.90 Å². The lowest BCUT2D eigenvalue weighted by Gasteiger charge is -2.24. The van der Waals surface area contributed by atoms with Crippen molar-refractivity contribution >= 4 is 24.4 Å². The number of nitrogens with zero attached hydrogens (tertiary/aromatic N) is 4. The Morgan fingerprint density at radius 2 is 2.39 bits per heavy atom. The van der Waals surface area contributed by atoms with Gasteiger partial charge in [0.2, 0.25) is 0 Å². The molecule has 1 amide bonds. The van der Waals surface area contributed by atoms with E-state index in [2.05, 4.69) is 15.0 Å². The fourth-order valence-electron chi connectivity index (χ4n) is 2.20. The topological polar surface area (TPSA) is 107 Å². The number of aliphatic hydroxyl groups is 2. The van der Waals surface area contributed by atoms with E-state index in [1.807, 2.05) is 0 Å². The van der Waals surface area contributed by atoms with Crippen molar-refractivity contribution in [1.29, 1.82) is 0 Å². The highest BCUT2D eigenvalue weighted by Crippen LogP contribution is 2.26. The average Bonchev–Trinajstić information content (AvgIpc) is 2.93. The molecule has 0 aromatic heterocycles. The summed E-state index contributed by atoms with van der Waals surface area (Å²) < 4.78 is 5.49. The van der Waals surface area contributed by atoms with Gasteiger partial charge in [-0.1, -0.05) is 0 Å². The molecule has 3 aliphatic heterocycles. The van der Waals surface area contributed by atoms with E-state index in [0.29, 0.717) is 12.3 Å². The highest BCUT2D eigenvalue weighted by atomic mass is 16.5. The Balaban J connectivity index is 1.79. The van der Waals surface area contributed by atoms with Crippen LogP contribution in [0.3, 0.4) is 0 Å². The zero-order valence-electron chi connectivity index (χ0n) is 9.38. The van der Waals surface area contributed by atoms with Crippen molar-refractivity contribution in [3.05, 3.63) is 0 Å². The van der Waals surface area contributed by atoms with Gasteiger partial charge in [0.25, 0.3) is 5.91 Å². The van der Waals surface area contributed by atoms with Gasteiger partial charge in [-0.3, -0.25) is 14.7 Å². The molecule has 3 heterocycles. The fourth-order valence-corrected chi connectivity index (χ4v) is 2.20. The largest absolute Gasteiger partial charge is 0.394 e. The first-order valence-corrected chi connectivity index (χ1v) is 5.61. The van der Waals surface area contributed by atoms with Crippen LogP contribution in [0.25, 0.3) is 0 Å². The van der Waals surface area contributed by atoms with Crippen LogP contribution in [0.4, 0.5) is 0 Å². The quantitative estimate of drug-likeness (QED) is 0.599. The number of rotatable bonds is 2. The number of carbonyl (C=O) groups excluding carboxylic acids is 1. The van der Waals surface area contributed by atoms with Gasteiger partial charge in [-0.25, -0.2) is 4.99 Å². The number of aliphatic hydroxyl groups excluding tert-OH is 2. The number of hydrogen-bond donors (Lipinski definition) is 2. The molecule has 0 aromatic carbocycles. The predicted molar refractivity (Wildman–Crippen MR) is 61.4 cm³/mol. The highest BCUT2D eigenvalue weighted by Gasteiger charge is 2.43. The van der Waals surface area contributed by atoms with Gasteiger partial charge in [-0.05, 0) is 0 Å². The first-order chi connectivity index (χ1) is 8.70. The van der Waals surface area contributed by atoms with Crippen molar-refractivity contribution in [2.75, 3.05) is 6.61 Å². The molecule has 0 aliphatic carbocycles. The van der Waals surface area contributed by atoms with Gasteiger partial charge in [0, 0.05) is 6.42 Å². The first-order valence-electron chi connectivity index (χ1n) is 5.61. The molecule has 0 saturated carbocycles. The summed E-state index contributed by atoms with van der Waals surface area (Å²) >= 11 is 0. The highest BCUT2D eigenvalue weighted by molar-refractivity contribution is 6.19. The SMILES string of the molecule is O=C1N=CN=C2C1N=CN2[C@@H]1C[C@H](O)[C@@H](CO)O1. The number of carbonyl (C=O) groups is 1. The van der Waals surface area contributed by atoms with E-state index in [0.717, 1.165) is 0 Å². The van der Waals surface area contributed by atoms with Crippen molar-refractivity contribution in [2.24, 2.45) is 15.0 Å². The average molecular weight is 252 g/mol. The van der Waals surface area contributed by atoms with Crippen LogP contribution in [0.1, 0.15) is 6.42 Å². The second kappa shape index (κ2) is 4.23. The Bertz CT molecular complexity index is 461. The third kappa shape index (κ3) is 1.65. The number of aliphatic imine (C=N–C) groups is 3. The lowest BCUT2D eigenvalue weighted by atomic mass is 10.2. The molecule has 0 spiro atoms. The monoisotopic (exact) mass is 252 g/mol. The molecular weight excluding hydrogens is 240 g/mol. The number of hydrogen-bond acceptors (Lipinski definition) is 7. The summed E-state index contributed by atoms with van der Waals surface area (Å²) in [6.45, 7) is -0.251. The second-order valence-corrected chi connectivity index (χ2v) is 4.26. The molecule has 4 atom stereocenters. The first kappa shape index (κ1) is 11.5. The van der Waals surface area contributed by atoms with Crippen LogP contribution in [0.5, 0.6) is 0 Å². The van der Waals surface area contributed by atoms with Crippen LogP contribution in [-0.2, 0) is 9.53 Å². The molecule has 1 saturated heterocycles. The Morgan fingerprint density at radius 1 is 1.56 bits per heavy atom. The van der Waals surface area contributed by atoms with Crippen LogP contribution in [0.2, 0.25) is 0 Å². The number of fused-ring (bicyclic) bond motifs is 1. The molecule has 1 unspecified atom stereocenters. The van der Waals surface area contributed by atoms with Gasteiger partial charge in [0.15, 0.2) is 6.04 Å². The Hall–Kier alpha value is -1.64. The second-order valence-electron chi connectivity index (χ2n) is 4.26. The molecular formula is C10H12N4O4. The fraction of sp³-hybridized carbons (Fsp3) is 0.600. The molecule has 0 bridgehead atoms. The molecule has 1 fully saturated rings. The summed E-state index contributed by atoms with van der Waals surface area (Å²) in [5, 5.41) is 18.7. The van der Waals surface area contributed by atoms with Crippen LogP contribution in [0.15, 0.2) is 15.0 Å². The normalized spacial score (nSPS) is 38.2. The zero-order valence-corrected chi connectivity index (χ0v) is 9.38. The van der Waals surface area contributed by atoms with Crippen LogP contribution in [0, 0.1) is 0 Å². The molecule has 3 rings (SSSR count). The maximum absolute atomic E-state index is 11.5. The number of amidine groups is 1. The molecule has 0 aromatic rings. The van der Waals surface area contributed by atoms with Gasteiger partial charge >= 0.3 is 0 Å². The molecule has 8 heteroatoms. The molecule has 2 N–H and O–H groups in total. The van der Waals surface area contributed by atoms with E-state index in [4.69, 9.17) is 9.84 Å². The van der Waals surface area contributed by atoms with Gasteiger partial charge < -0.3 is 14.9 Å². The van der Waals surface area contributed by atoms with Crippen LogP contribution in [-0.4, -0.2) is 70.6 Å². The van der Waals surface area contributed by atoms with Gasteiger partial charge in [0.1, 0.15) is 24.5 Å². The van der Waals surface area contributed by atoms with Crippen molar-refractivity contribution in [1.82, 2.24) is 4.90 Å². The summed E-state index contributed by atoms with van der Waals surface area (Å²) in [4.78, 5) is 24.7. The minimum Gasteiger partial charge on any atom is -0.394 e. The van der Waals surface area contributed by atoms with Crippen molar-refractivity contribution in [3.63, 3.8) is 0 Å². The Morgan fingerprint density at radius 3 is 3.11 bits per heavy atom. The summed E-state index contributed by atoms with van der Waals surface area (Å²) in [7, 11) is 0. The Labute approximate surface area is 102 Å². The standard InChI is InChI=1S/C10H12N4O4/c15-2-6-5(16)1-7(18-6)14-4-13-8-9(14)11-3-12-10(8)17/h3-8,15-16H,1-2H2/t5-,6+,7-,8?/m0/s1. The number of ether oxygens (including phenoxy) is 1. The van der Waals surface area contributed by atoms with Crippen molar-refractivity contribution < 1.29 is 19.7 Å². The van der Waals surface area contributed by atoms with E-state index < -0.39 is 24.5 Å². The third-order valence-corrected chi connectivity index (χ3v) is 3.15. The maximum Gasteiger partial charge on any atom is 0.279 e. The lowest BCUT2D eigenvalue weighted by Crippen LogP contribution is -2.43. The Kier molecular flexibility index (Phi) is 2.69. The van der Waals surface area contributed by atoms with E-state index >= 15 is 0 Å². The third-order valence-electron chi connectivity index (χ3n) is 3.15. The molecule has 3 aliphatic rings. The smallest absolute Gasteiger partial charge is 0.279 e. The molecule has 0 radical (unpaired) electrons. The molecule has 8 nitrogen and oxygen atoms in total. The predicted octanol–water partition coefficient (Wildman–Crippen LogP) is -1.87. The minimum absolute atomic E-state index is 0.251. The van der Waals surface area contributed by atoms with Crippen LogP contribution < -0.4 is 0 Å². The maximum atomic E-state index is 11.5. The zero-order chi connectivity index (χ0) is 12.7. The van der Waals surface area contributed by atoms with E-state index in [9.17, 15) is 9.90 Å². The van der Waals surface area contributed by atoms with E-state index in [1.165, 1.54) is 12.7 Å². The van der Waals surface area contributed by atoms with Crippen molar-refractivity contribution in [2.45, 2.75) is 30.9 Å². The van der Waals surface area contributed by atoms with Crippen LogP contribution >= 0.6 is 0 Å². The van der Waals surface area contributed by atoms with Gasteiger partial charge in [-0.2, -0.15) is 4.99 Å². The van der Waals surface area contributed by atoms with Crippen molar-refractivity contribution in [3.8, 4) is 0 Å². The minimum atomic E-state index is -0.735. The van der Waals surface area contributed by atoms with Gasteiger partial charge in [0.05, 0.1) is 19.0 Å². The summed E-state index contributed by atoms with van der Waals surface area (Å²) in [5.74, 6) is 0.0850. The molecule has 18 heavy (non-hydrogen) atoms. The summed E-state index contributed by atoms with van der Waals surface area (Å²) in [5.41, 5.74) is 0. The summed E-state index contributed by atoms with van der Waals surface area (Å²) in [6.07, 6.45) is 1.16. The summed E-state index contributed by atoms with van der Waals surface area (Å²) in [6, 6.07) is -0.705. The van der Waals surface area contributed by atoms with E-state index in [-0.39, 0.29) is 12.5 Å². The number of amides is 1.